The van der Waals surface area contributed by atoms with E-state index in [1.165, 1.54) is 24.3 Å². The lowest BCUT2D eigenvalue weighted by Crippen LogP contribution is -2.46. The van der Waals surface area contributed by atoms with Gasteiger partial charge in [0.05, 0.1) is 6.54 Å². The summed E-state index contributed by atoms with van der Waals surface area (Å²) in [5.41, 5.74) is -0.853. The molecule has 124 valence electrons. The molecule has 1 saturated heterocycles. The molecular formula is C16H19FN2O4. The van der Waals surface area contributed by atoms with E-state index in [4.69, 9.17) is 4.74 Å². The molecule has 3 rings (SSSR count). The van der Waals surface area contributed by atoms with E-state index in [0.29, 0.717) is 5.75 Å². The second-order valence-electron chi connectivity index (χ2n) is 6.24. The van der Waals surface area contributed by atoms with E-state index >= 15 is 0 Å². The zero-order chi connectivity index (χ0) is 16.6. The van der Waals surface area contributed by atoms with E-state index in [1.54, 1.807) is 6.92 Å². The molecule has 23 heavy (non-hydrogen) atoms. The summed E-state index contributed by atoms with van der Waals surface area (Å²) in [6, 6.07) is 4.91. The van der Waals surface area contributed by atoms with E-state index in [9.17, 15) is 19.1 Å². The van der Waals surface area contributed by atoms with Gasteiger partial charge in [-0.1, -0.05) is 0 Å². The SMILES string of the molecule is C[C@@]1(C2CC2)NC(=O)N(C[C@H](O)COc2ccc(F)cc2)C1=O. The molecule has 1 aromatic carbocycles. The van der Waals surface area contributed by atoms with Crippen molar-refractivity contribution in [2.75, 3.05) is 13.2 Å². The van der Waals surface area contributed by atoms with E-state index in [2.05, 4.69) is 5.32 Å². The molecular weight excluding hydrogens is 303 g/mol. The number of benzene rings is 1. The topological polar surface area (TPSA) is 78.9 Å². The lowest BCUT2D eigenvalue weighted by Gasteiger charge is -2.22. The number of hydrogen-bond donors (Lipinski definition) is 2. The quantitative estimate of drug-likeness (QED) is 0.774. The summed E-state index contributed by atoms with van der Waals surface area (Å²) in [4.78, 5) is 25.4. The summed E-state index contributed by atoms with van der Waals surface area (Å²) in [5, 5.41) is 12.7. The number of β-amino-alcohol motifs (C(OH)–C–C–N with tert-alkyl or cyclic N) is 1. The normalized spacial score (nSPS) is 25.4. The first kappa shape index (κ1) is 15.7. The van der Waals surface area contributed by atoms with Crippen molar-refractivity contribution in [2.24, 2.45) is 5.92 Å². The van der Waals surface area contributed by atoms with Crippen molar-refractivity contribution in [1.82, 2.24) is 10.2 Å². The van der Waals surface area contributed by atoms with Gasteiger partial charge in [0.15, 0.2) is 0 Å². The molecule has 0 spiro atoms. The smallest absolute Gasteiger partial charge is 0.325 e. The van der Waals surface area contributed by atoms with E-state index in [0.717, 1.165) is 17.7 Å². The van der Waals surface area contributed by atoms with Gasteiger partial charge >= 0.3 is 6.03 Å². The number of ether oxygens (including phenoxy) is 1. The van der Waals surface area contributed by atoms with Crippen LogP contribution in [0, 0.1) is 11.7 Å². The fraction of sp³-hybridized carbons (Fsp3) is 0.500. The molecule has 1 saturated carbocycles. The van der Waals surface area contributed by atoms with Gasteiger partial charge in [0.1, 0.15) is 29.8 Å². The molecule has 2 N–H and O–H groups in total. The second-order valence-corrected chi connectivity index (χ2v) is 6.24. The first-order valence-electron chi connectivity index (χ1n) is 7.60. The first-order valence-corrected chi connectivity index (χ1v) is 7.60. The summed E-state index contributed by atoms with van der Waals surface area (Å²) >= 11 is 0. The van der Waals surface area contributed by atoms with Crippen LogP contribution >= 0.6 is 0 Å². The fourth-order valence-electron chi connectivity index (χ4n) is 2.81. The molecule has 2 fully saturated rings. The molecule has 3 amide bonds. The number of aliphatic hydroxyl groups is 1. The highest BCUT2D eigenvalue weighted by molar-refractivity contribution is 6.07. The molecule has 6 nitrogen and oxygen atoms in total. The fourth-order valence-corrected chi connectivity index (χ4v) is 2.81. The standard InChI is InChI=1S/C16H19FN2O4/c1-16(10-2-3-10)14(21)19(15(22)18-16)8-12(20)9-23-13-6-4-11(17)5-7-13/h4-7,10,12,20H,2-3,8-9H2,1H3,(H,18,22)/t12-,16-/m0/s1. The Labute approximate surface area is 133 Å². The van der Waals surface area contributed by atoms with Crippen LogP contribution in [0.15, 0.2) is 24.3 Å². The van der Waals surface area contributed by atoms with Crippen molar-refractivity contribution in [3.8, 4) is 5.75 Å². The number of nitrogens with zero attached hydrogens (tertiary/aromatic N) is 1. The zero-order valence-corrected chi connectivity index (χ0v) is 12.8. The van der Waals surface area contributed by atoms with Gasteiger partial charge in [0, 0.05) is 0 Å². The van der Waals surface area contributed by atoms with Crippen LogP contribution in [0.25, 0.3) is 0 Å². The molecule has 0 radical (unpaired) electrons. The van der Waals surface area contributed by atoms with E-state index in [1.807, 2.05) is 0 Å². The third-order valence-electron chi connectivity index (χ3n) is 4.34. The molecule has 1 aromatic rings. The monoisotopic (exact) mass is 322 g/mol. The maximum atomic E-state index is 12.8. The van der Waals surface area contributed by atoms with Crippen molar-refractivity contribution >= 4 is 11.9 Å². The molecule has 2 atom stereocenters. The number of rotatable bonds is 6. The summed E-state index contributed by atoms with van der Waals surface area (Å²) in [7, 11) is 0. The van der Waals surface area contributed by atoms with Crippen LogP contribution in [0.2, 0.25) is 0 Å². The Morgan fingerprint density at radius 3 is 2.65 bits per heavy atom. The minimum Gasteiger partial charge on any atom is -0.491 e. The van der Waals surface area contributed by atoms with Crippen LogP contribution < -0.4 is 10.1 Å². The van der Waals surface area contributed by atoms with Crippen LogP contribution in [0.4, 0.5) is 9.18 Å². The van der Waals surface area contributed by atoms with Gasteiger partial charge in [-0.25, -0.2) is 9.18 Å². The summed E-state index contributed by atoms with van der Waals surface area (Å²) in [6.07, 6.45) is 0.829. The number of carbonyl (C=O) groups excluding carboxylic acids is 2. The minimum absolute atomic E-state index is 0.0944. The highest BCUT2D eigenvalue weighted by atomic mass is 19.1. The second kappa shape index (κ2) is 5.81. The van der Waals surface area contributed by atoms with E-state index < -0.39 is 17.7 Å². The molecule has 0 aromatic heterocycles. The van der Waals surface area contributed by atoms with Crippen LogP contribution in [0.3, 0.4) is 0 Å². The number of carbonyl (C=O) groups is 2. The Kier molecular flexibility index (Phi) is 3.97. The lowest BCUT2D eigenvalue weighted by atomic mass is 9.96. The zero-order valence-electron chi connectivity index (χ0n) is 12.8. The molecule has 1 aliphatic carbocycles. The first-order chi connectivity index (χ1) is 10.9. The van der Waals surface area contributed by atoms with E-state index in [-0.39, 0.29) is 30.8 Å². The average molecular weight is 322 g/mol. The van der Waals surface area contributed by atoms with Gasteiger partial charge in [-0.05, 0) is 49.9 Å². The van der Waals surface area contributed by atoms with Crippen LogP contribution in [0.5, 0.6) is 5.75 Å². The Morgan fingerprint density at radius 2 is 2.04 bits per heavy atom. The molecule has 1 heterocycles. The Bertz CT molecular complexity index is 617. The van der Waals surface area contributed by atoms with Crippen LogP contribution in [-0.2, 0) is 4.79 Å². The van der Waals surface area contributed by atoms with Crippen molar-refractivity contribution in [2.45, 2.75) is 31.4 Å². The van der Waals surface area contributed by atoms with Crippen molar-refractivity contribution < 1.29 is 23.8 Å². The highest BCUT2D eigenvalue weighted by Gasteiger charge is 2.56. The maximum Gasteiger partial charge on any atom is 0.325 e. The van der Waals surface area contributed by atoms with Gasteiger partial charge in [-0.15, -0.1) is 0 Å². The number of halogens is 1. The van der Waals surface area contributed by atoms with Gasteiger partial charge in [0.25, 0.3) is 5.91 Å². The van der Waals surface area contributed by atoms with Crippen molar-refractivity contribution in [3.63, 3.8) is 0 Å². The average Bonchev–Trinajstić information content (AvgIpc) is 3.33. The minimum atomic E-state index is -1.02. The van der Waals surface area contributed by atoms with Crippen LogP contribution in [0.1, 0.15) is 19.8 Å². The summed E-state index contributed by atoms with van der Waals surface area (Å²) in [6.45, 7) is 1.50. The molecule has 1 aliphatic heterocycles. The summed E-state index contributed by atoms with van der Waals surface area (Å²) < 4.78 is 18.1. The number of urea groups is 1. The third kappa shape index (κ3) is 3.14. The predicted molar refractivity (Wildman–Crippen MR) is 79.3 cm³/mol. The van der Waals surface area contributed by atoms with Gasteiger partial charge in [-0.2, -0.15) is 0 Å². The van der Waals surface area contributed by atoms with Gasteiger partial charge in [-0.3, -0.25) is 9.69 Å². The molecule has 0 unspecified atom stereocenters. The molecule has 7 heteroatoms. The van der Waals surface area contributed by atoms with Crippen molar-refractivity contribution in [3.05, 3.63) is 30.1 Å². The maximum absolute atomic E-state index is 12.8. The van der Waals surface area contributed by atoms with Gasteiger partial charge in [0.2, 0.25) is 0 Å². The Balaban J connectivity index is 1.55. The number of nitrogens with one attached hydrogen (secondary N) is 1. The number of imide groups is 1. The highest BCUT2D eigenvalue weighted by Crippen LogP contribution is 2.42. The predicted octanol–water partition coefficient (Wildman–Crippen LogP) is 1.29. The Morgan fingerprint density at radius 1 is 1.39 bits per heavy atom. The van der Waals surface area contributed by atoms with Crippen molar-refractivity contribution in [1.29, 1.82) is 0 Å². The lowest BCUT2D eigenvalue weighted by molar-refractivity contribution is -0.132. The summed E-state index contributed by atoms with van der Waals surface area (Å²) in [5.74, 6) is -0.0931. The third-order valence-corrected chi connectivity index (χ3v) is 4.34. The molecule has 2 aliphatic rings. The Hall–Kier alpha value is -2.15. The number of hydrogen-bond acceptors (Lipinski definition) is 4. The number of aliphatic hydroxyl groups excluding tert-OH is 1. The number of amides is 3. The van der Waals surface area contributed by atoms with Crippen LogP contribution in [-0.4, -0.2) is 46.7 Å². The largest absolute Gasteiger partial charge is 0.491 e. The molecule has 0 bridgehead atoms. The van der Waals surface area contributed by atoms with Gasteiger partial charge < -0.3 is 15.2 Å².